The topological polar surface area (TPSA) is 272 Å². The minimum Gasteiger partial charge on any atom is -0.480 e. The number of aliphatic hydroxyl groups excluding tert-OH is 5. The molecule has 0 aliphatic heterocycles. The third-order valence-electron chi connectivity index (χ3n) is 3.87. The lowest BCUT2D eigenvalue weighted by Crippen LogP contribution is -2.49. The fraction of sp³-hybridized carbons (Fsp3) is 0.688. The van der Waals surface area contributed by atoms with Crippen molar-refractivity contribution >= 4 is 29.8 Å². The van der Waals surface area contributed by atoms with Crippen LogP contribution in [-0.2, 0) is 33.7 Å². The molecule has 0 aromatic rings. The van der Waals surface area contributed by atoms with E-state index < -0.39 is 87.0 Å². The molecule has 0 aliphatic carbocycles. The molecule has 190 valence electrons. The summed E-state index contributed by atoms with van der Waals surface area (Å²) in [6.45, 7) is -4.51. The highest BCUT2D eigenvalue weighted by Crippen LogP contribution is 2.07. The molecule has 33 heavy (non-hydrogen) atoms. The van der Waals surface area contributed by atoms with Crippen molar-refractivity contribution in [3.05, 3.63) is 0 Å². The van der Waals surface area contributed by atoms with Crippen LogP contribution in [0.2, 0.25) is 0 Å². The third-order valence-corrected chi connectivity index (χ3v) is 3.87. The summed E-state index contributed by atoms with van der Waals surface area (Å²) in [6, 6.07) is 0. The second-order valence-corrected chi connectivity index (χ2v) is 6.64. The van der Waals surface area contributed by atoms with E-state index >= 15 is 0 Å². The van der Waals surface area contributed by atoms with Gasteiger partial charge in [-0.1, -0.05) is 0 Å². The summed E-state index contributed by atoms with van der Waals surface area (Å²) in [6.07, 6.45) is -8.88. The van der Waals surface area contributed by atoms with Gasteiger partial charge in [-0.15, -0.1) is 0 Å². The van der Waals surface area contributed by atoms with Crippen molar-refractivity contribution in [2.75, 3.05) is 45.9 Å². The van der Waals surface area contributed by atoms with E-state index in [2.05, 4.69) is 9.78 Å². The Kier molecular flexibility index (Phi) is 13.7. The Hall–Kier alpha value is -2.93. The summed E-state index contributed by atoms with van der Waals surface area (Å²) in [5.74, 6) is -7.21. The highest BCUT2D eigenvalue weighted by Gasteiger charge is 2.36. The number of hydrogen-bond acceptors (Lipinski definition) is 14. The van der Waals surface area contributed by atoms with Gasteiger partial charge in [0.25, 0.3) is 0 Å². The monoisotopic (exact) mass is 486 g/mol. The lowest BCUT2D eigenvalue weighted by molar-refractivity contribution is -0.269. The van der Waals surface area contributed by atoms with Crippen molar-refractivity contribution in [2.45, 2.75) is 24.4 Å². The lowest BCUT2D eigenvalue weighted by Gasteiger charge is -2.24. The Morgan fingerprint density at radius 3 is 1.48 bits per heavy atom. The first-order chi connectivity index (χ1) is 15.3. The van der Waals surface area contributed by atoms with E-state index in [1.165, 1.54) is 0 Å². The maximum atomic E-state index is 11.8. The molecule has 0 saturated heterocycles. The molecule has 0 spiro atoms. The van der Waals surface area contributed by atoms with Crippen molar-refractivity contribution in [1.82, 2.24) is 9.80 Å². The molecule has 0 radical (unpaired) electrons. The summed E-state index contributed by atoms with van der Waals surface area (Å²) < 4.78 is 0. The van der Waals surface area contributed by atoms with Crippen molar-refractivity contribution in [3.8, 4) is 0 Å². The highest BCUT2D eigenvalue weighted by atomic mass is 17.2. The Morgan fingerprint density at radius 2 is 1.09 bits per heavy atom. The predicted octanol–water partition coefficient (Wildman–Crippen LogP) is -5.72. The van der Waals surface area contributed by atoms with Crippen LogP contribution < -0.4 is 0 Å². The Labute approximate surface area is 185 Å². The molecule has 0 rings (SSSR count). The normalized spacial score (nSPS) is 14.9. The van der Waals surface area contributed by atoms with Gasteiger partial charge >= 0.3 is 29.8 Å². The Balaban J connectivity index is 4.85. The van der Waals surface area contributed by atoms with E-state index in [4.69, 9.17) is 20.4 Å². The number of nitrogens with zero attached hydrogens (tertiary/aromatic N) is 2. The predicted molar refractivity (Wildman–Crippen MR) is 99.1 cm³/mol. The van der Waals surface area contributed by atoms with E-state index in [9.17, 15) is 44.4 Å². The van der Waals surface area contributed by atoms with E-state index in [1.54, 1.807) is 0 Å². The summed E-state index contributed by atoms with van der Waals surface area (Å²) in [5, 5.41) is 72.8. The van der Waals surface area contributed by atoms with E-state index in [-0.39, 0.29) is 13.1 Å². The van der Waals surface area contributed by atoms with Gasteiger partial charge in [0.05, 0.1) is 26.2 Å². The van der Waals surface area contributed by atoms with Crippen LogP contribution in [0.5, 0.6) is 0 Å². The van der Waals surface area contributed by atoms with Crippen LogP contribution in [0.1, 0.15) is 0 Å². The quantitative estimate of drug-likeness (QED) is 0.0745. The number of hydrogen-bond donors (Lipinski definition) is 8. The summed E-state index contributed by atoms with van der Waals surface area (Å²) in [5.41, 5.74) is 0. The standard InChI is InChI=1S/C16H26N2O15/c19-7-8(20)13(28)14(29)15(30)16(31)33-32-12(27)6-18(5-11(25)26)2-1-17(3-9(21)22)4-10(23)24/h8,13-15,19-20,28-30H,1-7H2,(H,21,22)(H,23,24)(H,25,26). The minimum absolute atomic E-state index is 0.269. The lowest BCUT2D eigenvalue weighted by atomic mass is 10.0. The maximum Gasteiger partial charge on any atom is 0.386 e. The van der Waals surface area contributed by atoms with Gasteiger partial charge in [0.1, 0.15) is 24.9 Å². The van der Waals surface area contributed by atoms with Crippen LogP contribution in [-0.4, -0.2) is 151 Å². The summed E-state index contributed by atoms with van der Waals surface area (Å²) in [7, 11) is 0. The molecule has 0 fully saturated rings. The zero-order chi connectivity index (χ0) is 25.7. The molecule has 0 bridgehead atoms. The highest BCUT2D eigenvalue weighted by molar-refractivity contribution is 5.77. The zero-order valence-corrected chi connectivity index (χ0v) is 17.1. The molecule has 0 aliphatic rings. The second-order valence-electron chi connectivity index (χ2n) is 6.64. The van der Waals surface area contributed by atoms with Crippen molar-refractivity contribution in [1.29, 1.82) is 0 Å². The number of aliphatic hydroxyl groups is 5. The first-order valence-electron chi connectivity index (χ1n) is 9.12. The largest absolute Gasteiger partial charge is 0.480 e. The van der Waals surface area contributed by atoms with Crippen molar-refractivity contribution in [3.63, 3.8) is 0 Å². The van der Waals surface area contributed by atoms with Crippen molar-refractivity contribution < 1.29 is 74.6 Å². The Morgan fingerprint density at radius 1 is 0.667 bits per heavy atom. The minimum atomic E-state index is -2.50. The van der Waals surface area contributed by atoms with Gasteiger partial charge in [0.2, 0.25) is 0 Å². The van der Waals surface area contributed by atoms with Gasteiger partial charge in [-0.05, 0) is 0 Å². The first-order valence-corrected chi connectivity index (χ1v) is 9.12. The van der Waals surface area contributed by atoms with Crippen LogP contribution in [0.4, 0.5) is 0 Å². The molecule has 4 unspecified atom stereocenters. The van der Waals surface area contributed by atoms with Gasteiger partial charge in [-0.2, -0.15) is 0 Å². The molecule has 17 nitrogen and oxygen atoms in total. The van der Waals surface area contributed by atoms with E-state index in [0.717, 1.165) is 9.80 Å². The van der Waals surface area contributed by atoms with Crippen LogP contribution in [0.25, 0.3) is 0 Å². The molecular weight excluding hydrogens is 460 g/mol. The second kappa shape index (κ2) is 15.0. The third kappa shape index (κ3) is 12.6. The van der Waals surface area contributed by atoms with Crippen LogP contribution in [0.15, 0.2) is 0 Å². The Bertz CT molecular complexity index is 671. The van der Waals surface area contributed by atoms with Gasteiger partial charge < -0.3 is 40.9 Å². The van der Waals surface area contributed by atoms with Gasteiger partial charge in [-0.25, -0.2) is 19.4 Å². The molecule has 0 saturated carbocycles. The number of carbonyl (C=O) groups excluding carboxylic acids is 2. The number of aliphatic carboxylic acids is 3. The summed E-state index contributed by atoms with van der Waals surface area (Å²) >= 11 is 0. The van der Waals surface area contributed by atoms with Crippen LogP contribution >= 0.6 is 0 Å². The summed E-state index contributed by atoms with van der Waals surface area (Å²) in [4.78, 5) is 65.9. The van der Waals surface area contributed by atoms with Crippen LogP contribution in [0, 0.1) is 0 Å². The molecule has 0 aromatic carbocycles. The molecule has 4 atom stereocenters. The SMILES string of the molecule is O=C(O)CN(CCN(CC(=O)O)CC(=O)OOC(=O)C(O)C(O)C(O)C(O)CO)CC(=O)O. The molecule has 8 N–H and O–H groups in total. The van der Waals surface area contributed by atoms with Gasteiger partial charge in [-0.3, -0.25) is 24.2 Å². The number of carboxylic acid groups (broad SMARTS) is 3. The van der Waals surface area contributed by atoms with Crippen LogP contribution in [0.3, 0.4) is 0 Å². The molecular formula is C16H26N2O15. The molecule has 0 aromatic heterocycles. The molecule has 0 amide bonds. The average molecular weight is 486 g/mol. The van der Waals surface area contributed by atoms with Gasteiger partial charge in [0.15, 0.2) is 6.10 Å². The number of carboxylic acids is 3. The zero-order valence-electron chi connectivity index (χ0n) is 17.1. The first kappa shape index (κ1) is 30.1. The molecule has 17 heteroatoms. The number of rotatable bonds is 16. The smallest absolute Gasteiger partial charge is 0.386 e. The van der Waals surface area contributed by atoms with E-state index in [1.807, 2.05) is 0 Å². The van der Waals surface area contributed by atoms with E-state index in [0.29, 0.717) is 0 Å². The average Bonchev–Trinajstić information content (AvgIpc) is 2.72. The fourth-order valence-corrected chi connectivity index (χ4v) is 2.29. The number of carbonyl (C=O) groups is 5. The fourth-order valence-electron chi connectivity index (χ4n) is 2.29. The van der Waals surface area contributed by atoms with Crippen molar-refractivity contribution in [2.24, 2.45) is 0 Å². The van der Waals surface area contributed by atoms with Gasteiger partial charge in [0, 0.05) is 13.1 Å². The maximum absolute atomic E-state index is 11.8. The molecule has 0 heterocycles.